The first-order valence-electron chi connectivity index (χ1n) is 7.08. The van der Waals surface area contributed by atoms with Gasteiger partial charge < -0.3 is 19.7 Å². The van der Waals surface area contributed by atoms with Crippen LogP contribution in [0.4, 0.5) is 0 Å². The minimum absolute atomic E-state index is 0.231. The molecule has 1 aromatic carbocycles. The number of aryl methyl sites for hydroxylation is 1. The van der Waals surface area contributed by atoms with E-state index in [2.05, 4.69) is 17.3 Å². The molecule has 0 radical (unpaired) electrons. The average molecular weight is 290 g/mol. The second kappa shape index (κ2) is 7.81. The van der Waals surface area contributed by atoms with E-state index in [1.54, 1.807) is 7.11 Å². The van der Waals surface area contributed by atoms with Gasteiger partial charge in [-0.3, -0.25) is 0 Å². The molecule has 5 heteroatoms. The number of nitrogens with zero attached hydrogens (tertiary/aromatic N) is 1. The molecule has 0 saturated carbocycles. The third-order valence-electron chi connectivity index (χ3n) is 3.09. The molecule has 0 amide bonds. The Morgan fingerprint density at radius 2 is 2.00 bits per heavy atom. The van der Waals surface area contributed by atoms with Gasteiger partial charge in [0.15, 0.2) is 5.76 Å². The highest BCUT2D eigenvalue weighted by molar-refractivity contribution is 5.27. The average Bonchev–Trinajstić information content (AvgIpc) is 2.92. The Balaban J connectivity index is 1.82. The van der Waals surface area contributed by atoms with Crippen LogP contribution >= 0.6 is 0 Å². The summed E-state index contributed by atoms with van der Waals surface area (Å²) in [6.45, 7) is 2.82. The predicted molar refractivity (Wildman–Crippen MR) is 80.0 cm³/mol. The van der Waals surface area contributed by atoms with Gasteiger partial charge in [0.25, 0.3) is 0 Å². The van der Waals surface area contributed by atoms with Gasteiger partial charge in [-0.05, 0) is 37.5 Å². The maximum absolute atomic E-state index is 5.76. The third kappa shape index (κ3) is 5.21. The lowest BCUT2D eigenvalue weighted by molar-refractivity contribution is 0.155. The van der Waals surface area contributed by atoms with Gasteiger partial charge in [-0.1, -0.05) is 17.3 Å². The van der Waals surface area contributed by atoms with Crippen molar-refractivity contribution in [2.45, 2.75) is 39.0 Å². The van der Waals surface area contributed by atoms with E-state index >= 15 is 0 Å². The number of benzene rings is 1. The first kappa shape index (κ1) is 15.5. The van der Waals surface area contributed by atoms with Crippen molar-refractivity contribution in [2.24, 2.45) is 5.73 Å². The van der Waals surface area contributed by atoms with E-state index in [1.165, 1.54) is 5.56 Å². The standard InChI is InChI=1S/C16H22N2O3/c1-12(17)3-4-13-5-7-15(8-6-13)20-10-14-9-16(11-19-2)21-18-14/h5-9,12H,3-4,10-11,17H2,1-2H3. The molecule has 0 fully saturated rings. The summed E-state index contributed by atoms with van der Waals surface area (Å²) in [7, 11) is 1.62. The van der Waals surface area contributed by atoms with Crippen LogP contribution in [0.25, 0.3) is 0 Å². The second-order valence-corrected chi connectivity index (χ2v) is 5.17. The summed E-state index contributed by atoms with van der Waals surface area (Å²) in [6.07, 6.45) is 1.98. The van der Waals surface area contributed by atoms with Gasteiger partial charge in [-0.15, -0.1) is 0 Å². The van der Waals surface area contributed by atoms with Crippen LogP contribution in [0.1, 0.15) is 30.4 Å². The fourth-order valence-electron chi connectivity index (χ4n) is 1.94. The van der Waals surface area contributed by atoms with Gasteiger partial charge in [0.05, 0.1) is 0 Å². The van der Waals surface area contributed by atoms with Crippen molar-refractivity contribution >= 4 is 0 Å². The first-order valence-corrected chi connectivity index (χ1v) is 7.08. The lowest BCUT2D eigenvalue weighted by Gasteiger charge is -2.07. The monoisotopic (exact) mass is 290 g/mol. The Hall–Kier alpha value is -1.85. The van der Waals surface area contributed by atoms with E-state index in [9.17, 15) is 0 Å². The Morgan fingerprint density at radius 1 is 1.24 bits per heavy atom. The number of nitrogens with two attached hydrogens (primary N) is 1. The maximum atomic E-state index is 5.76. The number of aromatic nitrogens is 1. The van der Waals surface area contributed by atoms with Crippen LogP contribution in [-0.2, 0) is 24.4 Å². The number of hydrogen-bond acceptors (Lipinski definition) is 5. The number of methoxy groups -OCH3 is 1. The van der Waals surface area contributed by atoms with E-state index in [0.29, 0.717) is 19.0 Å². The van der Waals surface area contributed by atoms with Crippen molar-refractivity contribution < 1.29 is 14.0 Å². The molecule has 0 aliphatic carbocycles. The largest absolute Gasteiger partial charge is 0.487 e. The molecule has 114 valence electrons. The zero-order chi connectivity index (χ0) is 15.1. The molecule has 0 aliphatic heterocycles. The first-order chi connectivity index (χ1) is 10.2. The molecule has 1 aromatic heterocycles. The molecular formula is C16H22N2O3. The van der Waals surface area contributed by atoms with E-state index in [-0.39, 0.29) is 6.04 Å². The number of rotatable bonds is 8. The normalized spacial score (nSPS) is 12.3. The number of ether oxygens (including phenoxy) is 2. The highest BCUT2D eigenvalue weighted by Gasteiger charge is 2.05. The zero-order valence-corrected chi connectivity index (χ0v) is 12.5. The minimum Gasteiger partial charge on any atom is -0.487 e. The lowest BCUT2D eigenvalue weighted by atomic mass is 10.1. The molecule has 21 heavy (non-hydrogen) atoms. The Kier molecular flexibility index (Phi) is 5.78. The second-order valence-electron chi connectivity index (χ2n) is 5.17. The van der Waals surface area contributed by atoms with Gasteiger partial charge in [0.2, 0.25) is 0 Å². The highest BCUT2D eigenvalue weighted by Crippen LogP contribution is 2.15. The Bertz CT molecular complexity index is 535. The predicted octanol–water partition coefficient (Wildman–Crippen LogP) is 2.68. The Morgan fingerprint density at radius 3 is 2.67 bits per heavy atom. The molecule has 0 spiro atoms. The van der Waals surface area contributed by atoms with E-state index in [4.69, 9.17) is 19.7 Å². The third-order valence-corrected chi connectivity index (χ3v) is 3.09. The van der Waals surface area contributed by atoms with Crippen LogP contribution in [0, 0.1) is 0 Å². The van der Waals surface area contributed by atoms with Crippen LogP contribution in [0.3, 0.4) is 0 Å². The molecule has 1 unspecified atom stereocenters. The summed E-state index contributed by atoms with van der Waals surface area (Å²) >= 11 is 0. The molecular weight excluding hydrogens is 268 g/mol. The highest BCUT2D eigenvalue weighted by atomic mass is 16.5. The molecule has 1 heterocycles. The molecule has 0 saturated heterocycles. The van der Waals surface area contributed by atoms with E-state index < -0.39 is 0 Å². The summed E-state index contributed by atoms with van der Waals surface area (Å²) in [5.74, 6) is 1.51. The minimum atomic E-state index is 0.231. The van der Waals surface area contributed by atoms with E-state index in [0.717, 1.165) is 24.3 Å². The summed E-state index contributed by atoms with van der Waals surface area (Å²) in [4.78, 5) is 0. The van der Waals surface area contributed by atoms with Crippen molar-refractivity contribution in [3.63, 3.8) is 0 Å². The van der Waals surface area contributed by atoms with Gasteiger partial charge in [-0.2, -0.15) is 0 Å². The SMILES string of the molecule is COCc1cc(COc2ccc(CCC(C)N)cc2)no1. The van der Waals surface area contributed by atoms with Crippen LogP contribution in [0.15, 0.2) is 34.9 Å². The van der Waals surface area contributed by atoms with Crippen LogP contribution < -0.4 is 10.5 Å². The topological polar surface area (TPSA) is 70.5 Å². The molecule has 2 N–H and O–H groups in total. The molecule has 5 nitrogen and oxygen atoms in total. The molecule has 0 aliphatic rings. The summed E-state index contributed by atoms with van der Waals surface area (Å²) < 4.78 is 15.7. The molecule has 1 atom stereocenters. The summed E-state index contributed by atoms with van der Waals surface area (Å²) in [5, 5.41) is 3.92. The van der Waals surface area contributed by atoms with Crippen LogP contribution in [0.2, 0.25) is 0 Å². The fourth-order valence-corrected chi connectivity index (χ4v) is 1.94. The molecule has 2 aromatic rings. The van der Waals surface area contributed by atoms with Crippen molar-refractivity contribution in [2.75, 3.05) is 7.11 Å². The van der Waals surface area contributed by atoms with Gasteiger partial charge in [0.1, 0.15) is 24.7 Å². The molecule has 2 rings (SSSR count). The summed E-state index contributed by atoms with van der Waals surface area (Å²) in [6, 6.07) is 10.1. The number of hydrogen-bond donors (Lipinski definition) is 1. The van der Waals surface area contributed by atoms with Gasteiger partial charge >= 0.3 is 0 Å². The molecule has 0 bridgehead atoms. The Labute approximate surface area is 125 Å². The van der Waals surface area contributed by atoms with Gasteiger partial charge in [-0.25, -0.2) is 0 Å². The zero-order valence-electron chi connectivity index (χ0n) is 12.5. The van der Waals surface area contributed by atoms with Crippen LogP contribution in [0.5, 0.6) is 5.75 Å². The van der Waals surface area contributed by atoms with E-state index in [1.807, 2.05) is 25.1 Å². The summed E-state index contributed by atoms with van der Waals surface area (Å²) in [5.41, 5.74) is 7.78. The van der Waals surface area contributed by atoms with Crippen molar-refractivity contribution in [1.82, 2.24) is 5.16 Å². The smallest absolute Gasteiger partial charge is 0.162 e. The van der Waals surface area contributed by atoms with Crippen LogP contribution in [-0.4, -0.2) is 18.3 Å². The van der Waals surface area contributed by atoms with Gasteiger partial charge in [0, 0.05) is 19.2 Å². The fraction of sp³-hybridized carbons (Fsp3) is 0.438. The van der Waals surface area contributed by atoms with Crippen molar-refractivity contribution in [3.8, 4) is 5.75 Å². The maximum Gasteiger partial charge on any atom is 0.162 e. The quantitative estimate of drug-likeness (QED) is 0.809. The lowest BCUT2D eigenvalue weighted by Crippen LogP contribution is -2.15. The van der Waals surface area contributed by atoms with Crippen molar-refractivity contribution in [1.29, 1.82) is 0 Å². The van der Waals surface area contributed by atoms with Crippen molar-refractivity contribution in [3.05, 3.63) is 47.3 Å².